The van der Waals surface area contributed by atoms with Gasteiger partial charge >= 0.3 is 5.97 Å². The molecule has 2 aliphatic rings. The molecule has 2 aromatic carbocycles. The molecule has 0 amide bonds. The van der Waals surface area contributed by atoms with Crippen LogP contribution in [0.1, 0.15) is 36.6 Å². The number of fused-ring (bicyclic) bond motifs is 3. The number of benzene rings is 2. The Bertz CT molecular complexity index is 886. The van der Waals surface area contributed by atoms with E-state index in [9.17, 15) is 10.1 Å². The van der Waals surface area contributed by atoms with E-state index in [2.05, 4.69) is 11.4 Å². The van der Waals surface area contributed by atoms with Gasteiger partial charge in [0.25, 0.3) is 0 Å². The molecule has 2 aromatic rings. The lowest BCUT2D eigenvalue weighted by atomic mass is 9.83. The summed E-state index contributed by atoms with van der Waals surface area (Å²) in [5, 5.41) is 12.7. The van der Waals surface area contributed by atoms with Crippen LogP contribution in [0.25, 0.3) is 0 Å². The van der Waals surface area contributed by atoms with E-state index >= 15 is 0 Å². The minimum absolute atomic E-state index is 0.214. The fourth-order valence-electron chi connectivity index (χ4n) is 3.73. The predicted octanol–water partition coefficient (Wildman–Crippen LogP) is 2.90. The van der Waals surface area contributed by atoms with Crippen LogP contribution in [0.3, 0.4) is 0 Å². The first-order valence-corrected chi connectivity index (χ1v) is 8.71. The molecular formula is C21H20N2O3. The van der Waals surface area contributed by atoms with Gasteiger partial charge < -0.3 is 9.47 Å². The van der Waals surface area contributed by atoms with Gasteiger partial charge in [-0.25, -0.2) is 0 Å². The Labute approximate surface area is 152 Å². The summed E-state index contributed by atoms with van der Waals surface area (Å²) in [5.41, 5.74) is 1.83. The molecule has 0 bridgehead atoms. The highest BCUT2D eigenvalue weighted by atomic mass is 16.6. The number of carbonyl (C=O) groups excluding carboxylic acids is 1. The molecule has 0 aliphatic carbocycles. The zero-order chi connectivity index (χ0) is 18.3. The number of carbonyl (C=O) groups is 1. The largest absolute Gasteiger partial charge is 0.484 e. The van der Waals surface area contributed by atoms with Gasteiger partial charge in [0.2, 0.25) is 0 Å². The van der Waals surface area contributed by atoms with Crippen LogP contribution in [-0.2, 0) is 16.0 Å². The fraction of sp³-hybridized carbons (Fsp3) is 0.333. The second-order valence-electron chi connectivity index (χ2n) is 7.31. The van der Waals surface area contributed by atoms with Gasteiger partial charge in [0, 0.05) is 5.56 Å². The van der Waals surface area contributed by atoms with E-state index < -0.39 is 17.7 Å². The van der Waals surface area contributed by atoms with Crippen molar-refractivity contribution in [1.29, 1.82) is 5.26 Å². The molecule has 0 spiro atoms. The van der Waals surface area contributed by atoms with Crippen molar-refractivity contribution in [2.45, 2.75) is 44.1 Å². The molecule has 1 saturated heterocycles. The molecule has 0 aromatic heterocycles. The van der Waals surface area contributed by atoms with Crippen LogP contribution < -0.4 is 10.1 Å². The third kappa shape index (κ3) is 2.83. The lowest BCUT2D eigenvalue weighted by Gasteiger charge is -2.48. The van der Waals surface area contributed by atoms with Gasteiger partial charge in [-0.3, -0.25) is 10.1 Å². The first-order valence-electron chi connectivity index (χ1n) is 8.71. The van der Waals surface area contributed by atoms with Crippen molar-refractivity contribution in [3.63, 3.8) is 0 Å². The number of hydrogen-bond donors (Lipinski definition) is 1. The highest BCUT2D eigenvalue weighted by Gasteiger charge is 2.51. The second kappa shape index (κ2) is 6.15. The third-order valence-electron chi connectivity index (χ3n) is 5.03. The third-order valence-corrected chi connectivity index (χ3v) is 5.03. The monoisotopic (exact) mass is 348 g/mol. The Morgan fingerprint density at radius 2 is 1.96 bits per heavy atom. The molecule has 26 heavy (non-hydrogen) atoms. The molecule has 132 valence electrons. The number of hydrogen-bond acceptors (Lipinski definition) is 5. The molecule has 0 unspecified atom stereocenters. The minimum atomic E-state index is -0.661. The lowest BCUT2D eigenvalue weighted by molar-refractivity contribution is -0.178. The molecule has 2 aliphatic heterocycles. The fourth-order valence-corrected chi connectivity index (χ4v) is 3.73. The van der Waals surface area contributed by atoms with Crippen LogP contribution in [0, 0.1) is 11.3 Å². The average molecular weight is 348 g/mol. The standard InChI is InChI=1S/C21H20N2O3/c1-21(2)19-18(15-10-14(12-22)8-9-17(15)26-21)23-16(20(24)25-19)11-13-6-4-3-5-7-13/h3-10,16,18-19,23H,11H2,1-2H3/t16-,18+,19-/m0/s1. The van der Waals surface area contributed by atoms with Crippen LogP contribution in [-0.4, -0.2) is 23.7 Å². The summed E-state index contributed by atoms with van der Waals surface area (Å²) < 4.78 is 11.9. The average Bonchev–Trinajstić information content (AvgIpc) is 2.63. The maximum atomic E-state index is 12.6. The molecule has 3 atom stereocenters. The maximum absolute atomic E-state index is 12.6. The zero-order valence-corrected chi connectivity index (χ0v) is 14.7. The van der Waals surface area contributed by atoms with Gasteiger partial charge in [0.05, 0.1) is 17.7 Å². The maximum Gasteiger partial charge on any atom is 0.323 e. The Morgan fingerprint density at radius 3 is 2.69 bits per heavy atom. The Morgan fingerprint density at radius 1 is 1.19 bits per heavy atom. The van der Waals surface area contributed by atoms with Crippen molar-refractivity contribution < 1.29 is 14.3 Å². The quantitative estimate of drug-likeness (QED) is 0.845. The summed E-state index contributed by atoms with van der Waals surface area (Å²) in [7, 11) is 0. The molecule has 5 heteroatoms. The molecule has 0 saturated carbocycles. The minimum Gasteiger partial charge on any atom is -0.484 e. The van der Waals surface area contributed by atoms with Crippen molar-refractivity contribution >= 4 is 5.97 Å². The van der Waals surface area contributed by atoms with Gasteiger partial charge in [-0.2, -0.15) is 5.26 Å². The van der Waals surface area contributed by atoms with Crippen molar-refractivity contribution in [3.8, 4) is 11.8 Å². The van der Waals surface area contributed by atoms with Crippen LogP contribution >= 0.6 is 0 Å². The topological polar surface area (TPSA) is 71.3 Å². The summed E-state index contributed by atoms with van der Waals surface area (Å²) in [4.78, 5) is 12.6. The summed E-state index contributed by atoms with van der Waals surface area (Å²) in [5.74, 6) is 0.450. The molecule has 1 fully saturated rings. The summed E-state index contributed by atoms with van der Waals surface area (Å²) in [6, 6.07) is 16.7. The van der Waals surface area contributed by atoms with Crippen molar-refractivity contribution in [2.75, 3.05) is 0 Å². The van der Waals surface area contributed by atoms with E-state index in [4.69, 9.17) is 9.47 Å². The molecule has 4 rings (SSSR count). The Kier molecular flexibility index (Phi) is 3.93. The number of morpholine rings is 1. The number of ether oxygens (including phenoxy) is 2. The van der Waals surface area contributed by atoms with Crippen LogP contribution in [0.5, 0.6) is 5.75 Å². The number of nitrogens with one attached hydrogen (secondary N) is 1. The van der Waals surface area contributed by atoms with Crippen LogP contribution in [0.2, 0.25) is 0 Å². The predicted molar refractivity (Wildman–Crippen MR) is 95.6 cm³/mol. The number of rotatable bonds is 2. The molecule has 0 radical (unpaired) electrons. The Hall–Kier alpha value is -2.84. The summed E-state index contributed by atoms with van der Waals surface area (Å²) >= 11 is 0. The number of nitriles is 1. The van der Waals surface area contributed by atoms with E-state index in [0.717, 1.165) is 16.9 Å². The highest BCUT2D eigenvalue weighted by Crippen LogP contribution is 2.43. The zero-order valence-electron chi connectivity index (χ0n) is 14.7. The van der Waals surface area contributed by atoms with E-state index in [1.807, 2.05) is 56.3 Å². The SMILES string of the molecule is CC1(C)Oc2ccc(C#N)cc2[C@H]2N[C@@H](Cc3ccccc3)C(=O)O[C@@H]21. The second-order valence-corrected chi connectivity index (χ2v) is 7.31. The van der Waals surface area contributed by atoms with E-state index in [1.54, 1.807) is 6.07 Å². The van der Waals surface area contributed by atoms with Crippen molar-refractivity contribution in [2.24, 2.45) is 0 Å². The molecular weight excluding hydrogens is 328 g/mol. The highest BCUT2D eigenvalue weighted by molar-refractivity contribution is 5.78. The smallest absolute Gasteiger partial charge is 0.323 e. The van der Waals surface area contributed by atoms with Crippen LogP contribution in [0.4, 0.5) is 0 Å². The number of nitrogens with zero attached hydrogens (tertiary/aromatic N) is 1. The first kappa shape index (κ1) is 16.6. The summed E-state index contributed by atoms with van der Waals surface area (Å²) in [6.07, 6.45) is 0.0979. The summed E-state index contributed by atoms with van der Waals surface area (Å²) in [6.45, 7) is 3.83. The van der Waals surface area contributed by atoms with E-state index in [-0.39, 0.29) is 12.0 Å². The van der Waals surface area contributed by atoms with Gasteiger partial charge in [-0.15, -0.1) is 0 Å². The van der Waals surface area contributed by atoms with E-state index in [1.165, 1.54) is 0 Å². The van der Waals surface area contributed by atoms with Crippen LogP contribution in [0.15, 0.2) is 48.5 Å². The van der Waals surface area contributed by atoms with E-state index in [0.29, 0.717) is 12.0 Å². The van der Waals surface area contributed by atoms with Gasteiger partial charge in [0.1, 0.15) is 17.4 Å². The number of esters is 1. The normalized spacial score (nSPS) is 25.9. The van der Waals surface area contributed by atoms with Gasteiger partial charge in [-0.05, 0) is 44.0 Å². The van der Waals surface area contributed by atoms with Gasteiger partial charge in [-0.1, -0.05) is 30.3 Å². The van der Waals surface area contributed by atoms with Gasteiger partial charge in [0.15, 0.2) is 6.10 Å². The lowest BCUT2D eigenvalue weighted by Crippen LogP contribution is -2.62. The van der Waals surface area contributed by atoms with Crippen molar-refractivity contribution in [3.05, 3.63) is 65.2 Å². The molecule has 2 heterocycles. The van der Waals surface area contributed by atoms with Crippen molar-refractivity contribution in [1.82, 2.24) is 5.32 Å². The first-order chi connectivity index (χ1) is 12.5. The molecule has 5 nitrogen and oxygen atoms in total. The Balaban J connectivity index is 1.69. The molecule has 1 N–H and O–H groups in total.